The van der Waals surface area contributed by atoms with Gasteiger partial charge in [-0.2, -0.15) is 0 Å². The molecule has 5 nitrogen and oxygen atoms in total. The van der Waals surface area contributed by atoms with E-state index in [4.69, 9.17) is 4.74 Å². The largest absolute Gasteiger partial charge is 0.478 e. The highest BCUT2D eigenvalue weighted by molar-refractivity contribution is 5.43. The summed E-state index contributed by atoms with van der Waals surface area (Å²) in [6.07, 6.45) is 2.75. The van der Waals surface area contributed by atoms with Crippen LogP contribution in [0.25, 0.3) is 0 Å². The van der Waals surface area contributed by atoms with Crippen LogP contribution in [0, 0.1) is 0 Å². The summed E-state index contributed by atoms with van der Waals surface area (Å²) in [5, 5.41) is 0. The molecule has 100 valence electrons. The van der Waals surface area contributed by atoms with E-state index in [1.54, 1.807) is 6.33 Å². The van der Waals surface area contributed by atoms with Crippen molar-refractivity contribution in [1.29, 1.82) is 0 Å². The molecule has 0 spiro atoms. The molecule has 1 aliphatic rings. The van der Waals surface area contributed by atoms with Gasteiger partial charge in [-0.15, -0.1) is 0 Å². The first kappa shape index (κ1) is 13.1. The van der Waals surface area contributed by atoms with Gasteiger partial charge in [0.25, 0.3) is 0 Å². The molecule has 0 saturated carbocycles. The van der Waals surface area contributed by atoms with Gasteiger partial charge in [0.05, 0.1) is 6.61 Å². The van der Waals surface area contributed by atoms with Gasteiger partial charge in [-0.05, 0) is 34.4 Å². The van der Waals surface area contributed by atoms with Crippen LogP contribution in [0.15, 0.2) is 12.4 Å². The van der Waals surface area contributed by atoms with Crippen molar-refractivity contribution in [2.24, 2.45) is 0 Å². The lowest BCUT2D eigenvalue weighted by atomic mass is 10.1. The SMILES string of the molecule is CCOc1cc(N2CCC(N(C)C)C2C)ncn1. The highest BCUT2D eigenvalue weighted by atomic mass is 16.5. The summed E-state index contributed by atoms with van der Waals surface area (Å²) in [4.78, 5) is 13.1. The molecule has 2 atom stereocenters. The van der Waals surface area contributed by atoms with Gasteiger partial charge in [0.1, 0.15) is 12.1 Å². The third-order valence-electron chi connectivity index (χ3n) is 3.59. The zero-order valence-electron chi connectivity index (χ0n) is 11.6. The van der Waals surface area contributed by atoms with Crippen LogP contribution in [-0.4, -0.2) is 54.2 Å². The van der Waals surface area contributed by atoms with Crippen LogP contribution in [0.2, 0.25) is 0 Å². The van der Waals surface area contributed by atoms with Gasteiger partial charge in [0.2, 0.25) is 5.88 Å². The molecule has 0 N–H and O–H groups in total. The van der Waals surface area contributed by atoms with E-state index in [0.717, 1.165) is 12.4 Å². The Hall–Kier alpha value is -1.36. The van der Waals surface area contributed by atoms with E-state index in [9.17, 15) is 0 Å². The highest BCUT2D eigenvalue weighted by Crippen LogP contribution is 2.27. The normalized spacial score (nSPS) is 23.7. The molecular formula is C13H22N4O. The fraction of sp³-hybridized carbons (Fsp3) is 0.692. The third kappa shape index (κ3) is 2.56. The molecule has 18 heavy (non-hydrogen) atoms. The lowest BCUT2D eigenvalue weighted by molar-refractivity contribution is 0.282. The van der Waals surface area contributed by atoms with Gasteiger partial charge in [0, 0.05) is 24.7 Å². The molecule has 1 saturated heterocycles. The summed E-state index contributed by atoms with van der Waals surface area (Å²) < 4.78 is 5.43. The van der Waals surface area contributed by atoms with Crippen LogP contribution in [0.1, 0.15) is 20.3 Å². The van der Waals surface area contributed by atoms with Crippen LogP contribution >= 0.6 is 0 Å². The Labute approximate surface area is 109 Å². The fourth-order valence-corrected chi connectivity index (χ4v) is 2.65. The summed E-state index contributed by atoms with van der Waals surface area (Å²) in [6, 6.07) is 2.97. The Morgan fingerprint density at radius 3 is 2.83 bits per heavy atom. The molecule has 0 aliphatic carbocycles. The van der Waals surface area contributed by atoms with Crippen LogP contribution in [-0.2, 0) is 0 Å². The lowest BCUT2D eigenvalue weighted by Gasteiger charge is -2.29. The maximum Gasteiger partial charge on any atom is 0.218 e. The number of hydrogen-bond acceptors (Lipinski definition) is 5. The molecule has 0 radical (unpaired) electrons. The van der Waals surface area contributed by atoms with Crippen molar-refractivity contribution in [3.05, 3.63) is 12.4 Å². The van der Waals surface area contributed by atoms with Crippen LogP contribution < -0.4 is 9.64 Å². The first-order chi connectivity index (χ1) is 8.63. The third-order valence-corrected chi connectivity index (χ3v) is 3.59. The van der Waals surface area contributed by atoms with E-state index in [0.29, 0.717) is 24.6 Å². The van der Waals surface area contributed by atoms with Crippen molar-refractivity contribution in [3.63, 3.8) is 0 Å². The van der Waals surface area contributed by atoms with Crippen molar-refractivity contribution in [3.8, 4) is 5.88 Å². The lowest BCUT2D eigenvalue weighted by Crippen LogP contribution is -2.40. The Morgan fingerprint density at radius 2 is 2.22 bits per heavy atom. The molecule has 1 fully saturated rings. The van der Waals surface area contributed by atoms with Gasteiger partial charge < -0.3 is 14.5 Å². The number of rotatable bonds is 4. The van der Waals surface area contributed by atoms with Gasteiger partial charge >= 0.3 is 0 Å². The Kier molecular flexibility index (Phi) is 4.01. The van der Waals surface area contributed by atoms with Crippen LogP contribution in [0.3, 0.4) is 0 Å². The zero-order chi connectivity index (χ0) is 13.1. The number of aromatic nitrogens is 2. The second-order valence-corrected chi connectivity index (χ2v) is 4.90. The van der Waals surface area contributed by atoms with Crippen molar-refractivity contribution < 1.29 is 4.74 Å². The van der Waals surface area contributed by atoms with Crippen molar-refractivity contribution in [2.75, 3.05) is 32.1 Å². The standard InChI is InChI=1S/C13H22N4O/c1-5-18-13-8-12(14-9-15-13)17-7-6-11(10(17)2)16(3)4/h8-11H,5-7H2,1-4H3. The number of hydrogen-bond donors (Lipinski definition) is 0. The van der Waals surface area contributed by atoms with Crippen molar-refractivity contribution in [1.82, 2.24) is 14.9 Å². The average molecular weight is 250 g/mol. The molecule has 0 amide bonds. The summed E-state index contributed by atoms with van der Waals surface area (Å²) in [7, 11) is 4.27. The monoisotopic (exact) mass is 250 g/mol. The van der Waals surface area contributed by atoms with Gasteiger partial charge in [-0.1, -0.05) is 0 Å². The molecule has 2 unspecified atom stereocenters. The topological polar surface area (TPSA) is 41.5 Å². The first-order valence-electron chi connectivity index (χ1n) is 6.51. The smallest absolute Gasteiger partial charge is 0.218 e. The van der Waals surface area contributed by atoms with Crippen LogP contribution in [0.5, 0.6) is 5.88 Å². The second-order valence-electron chi connectivity index (χ2n) is 4.90. The molecule has 0 aromatic carbocycles. The van der Waals surface area contributed by atoms with Gasteiger partial charge in [0.15, 0.2) is 0 Å². The molecule has 2 heterocycles. The number of likely N-dealkylation sites (N-methyl/N-ethyl adjacent to an activating group) is 1. The van der Waals surface area contributed by atoms with E-state index in [-0.39, 0.29) is 0 Å². The minimum Gasteiger partial charge on any atom is -0.478 e. The van der Waals surface area contributed by atoms with Crippen molar-refractivity contribution in [2.45, 2.75) is 32.4 Å². The Balaban J connectivity index is 2.14. The van der Waals surface area contributed by atoms with E-state index < -0.39 is 0 Å². The van der Waals surface area contributed by atoms with Crippen LogP contribution in [0.4, 0.5) is 5.82 Å². The molecule has 1 aromatic heterocycles. The number of anilines is 1. The maximum atomic E-state index is 5.43. The zero-order valence-corrected chi connectivity index (χ0v) is 11.6. The summed E-state index contributed by atoms with van der Waals surface area (Å²) in [6.45, 7) is 5.88. The van der Waals surface area contributed by atoms with Crippen molar-refractivity contribution >= 4 is 5.82 Å². The number of ether oxygens (including phenoxy) is 1. The average Bonchev–Trinajstić information content (AvgIpc) is 2.72. The minimum absolute atomic E-state index is 0.462. The Bertz CT molecular complexity index is 396. The molecule has 2 rings (SSSR count). The van der Waals surface area contributed by atoms with Gasteiger partial charge in [-0.3, -0.25) is 0 Å². The quantitative estimate of drug-likeness (QED) is 0.808. The fourth-order valence-electron chi connectivity index (χ4n) is 2.65. The van der Waals surface area contributed by atoms with E-state index in [1.165, 1.54) is 6.42 Å². The second kappa shape index (κ2) is 5.52. The first-order valence-corrected chi connectivity index (χ1v) is 6.51. The molecule has 0 bridgehead atoms. The predicted molar refractivity (Wildman–Crippen MR) is 72.1 cm³/mol. The van der Waals surface area contributed by atoms with E-state index in [2.05, 4.69) is 40.8 Å². The van der Waals surface area contributed by atoms with E-state index >= 15 is 0 Å². The summed E-state index contributed by atoms with van der Waals surface area (Å²) >= 11 is 0. The Morgan fingerprint density at radius 1 is 1.44 bits per heavy atom. The summed E-state index contributed by atoms with van der Waals surface area (Å²) in [5.74, 6) is 1.62. The van der Waals surface area contributed by atoms with E-state index in [1.807, 2.05) is 13.0 Å². The predicted octanol–water partition coefficient (Wildman–Crippen LogP) is 1.40. The molecule has 1 aromatic rings. The van der Waals surface area contributed by atoms with Gasteiger partial charge in [-0.25, -0.2) is 9.97 Å². The molecule has 5 heteroatoms. The maximum absolute atomic E-state index is 5.43. The highest BCUT2D eigenvalue weighted by Gasteiger charge is 2.32. The number of nitrogens with zero attached hydrogens (tertiary/aromatic N) is 4. The minimum atomic E-state index is 0.462. The molecule has 1 aliphatic heterocycles. The molecular weight excluding hydrogens is 228 g/mol. The summed E-state index contributed by atoms with van der Waals surface area (Å²) in [5.41, 5.74) is 0.